The summed E-state index contributed by atoms with van der Waals surface area (Å²) in [5, 5.41) is 12.3. The molecule has 0 saturated heterocycles. The minimum absolute atomic E-state index is 0.661. The van der Waals surface area contributed by atoms with Gasteiger partial charge in [-0.05, 0) is 49.1 Å². The zero-order valence-corrected chi connectivity index (χ0v) is 12.2. The van der Waals surface area contributed by atoms with Crippen molar-refractivity contribution in [2.24, 2.45) is 5.16 Å². The number of aryl methyl sites for hydroxylation is 1. The number of imidazole rings is 1. The number of aromatic amines is 1. The van der Waals surface area contributed by atoms with Crippen LogP contribution in [0.2, 0.25) is 0 Å². The van der Waals surface area contributed by atoms with E-state index in [2.05, 4.69) is 22.0 Å². The Labute approximate surface area is 124 Å². The second kappa shape index (κ2) is 8.09. The molecule has 21 heavy (non-hydrogen) atoms. The van der Waals surface area contributed by atoms with E-state index in [4.69, 9.17) is 9.94 Å². The molecule has 2 N–H and O–H groups in total. The molecule has 5 heteroatoms. The molecule has 0 aliphatic heterocycles. The fourth-order valence-electron chi connectivity index (χ4n) is 2.11. The van der Waals surface area contributed by atoms with Crippen LogP contribution in [0.5, 0.6) is 5.75 Å². The Morgan fingerprint density at radius 1 is 1.33 bits per heavy atom. The highest BCUT2D eigenvalue weighted by Gasteiger charge is 2.03. The summed E-state index contributed by atoms with van der Waals surface area (Å²) in [4.78, 5) is 7.05. The number of hydrogen-bond donors (Lipinski definition) is 2. The van der Waals surface area contributed by atoms with Crippen LogP contribution in [0, 0.1) is 0 Å². The molecule has 2 rings (SSSR count). The van der Waals surface area contributed by atoms with Gasteiger partial charge in [-0.3, -0.25) is 0 Å². The molecule has 0 saturated carbocycles. The van der Waals surface area contributed by atoms with Crippen molar-refractivity contribution in [3.8, 4) is 5.75 Å². The topological polar surface area (TPSA) is 70.5 Å². The monoisotopic (exact) mass is 287 g/mol. The van der Waals surface area contributed by atoms with Crippen molar-refractivity contribution in [1.82, 2.24) is 9.97 Å². The van der Waals surface area contributed by atoms with Gasteiger partial charge in [-0.15, -0.1) is 0 Å². The highest BCUT2D eigenvalue weighted by atomic mass is 16.5. The van der Waals surface area contributed by atoms with Gasteiger partial charge in [-0.25, -0.2) is 4.98 Å². The molecule has 0 unspecified atom stereocenters. The lowest BCUT2D eigenvalue weighted by Crippen LogP contribution is -2.02. The van der Waals surface area contributed by atoms with Crippen molar-refractivity contribution in [3.05, 3.63) is 48.0 Å². The molecule has 1 aromatic heterocycles. The van der Waals surface area contributed by atoms with Crippen molar-refractivity contribution >= 4 is 5.71 Å². The van der Waals surface area contributed by atoms with Crippen LogP contribution in [-0.4, -0.2) is 27.5 Å². The Bertz CT molecular complexity index is 547. The van der Waals surface area contributed by atoms with Gasteiger partial charge in [0.25, 0.3) is 0 Å². The van der Waals surface area contributed by atoms with Crippen LogP contribution < -0.4 is 4.74 Å². The molecular weight excluding hydrogens is 266 g/mol. The van der Waals surface area contributed by atoms with Crippen molar-refractivity contribution in [2.45, 2.75) is 32.6 Å². The third-order valence-electron chi connectivity index (χ3n) is 3.21. The Morgan fingerprint density at radius 3 is 2.76 bits per heavy atom. The lowest BCUT2D eigenvalue weighted by Gasteiger charge is -2.07. The first-order chi connectivity index (χ1) is 10.3. The molecule has 0 aliphatic carbocycles. The minimum Gasteiger partial charge on any atom is -0.494 e. The molecule has 112 valence electrons. The summed E-state index contributed by atoms with van der Waals surface area (Å²) in [6.07, 6.45) is 7.09. The molecule has 0 bridgehead atoms. The van der Waals surface area contributed by atoms with Crippen LogP contribution in [0.4, 0.5) is 0 Å². The summed E-state index contributed by atoms with van der Waals surface area (Å²) in [5.41, 5.74) is 2.77. The minimum atomic E-state index is 0.661. The maximum atomic E-state index is 8.99. The molecule has 0 fully saturated rings. The summed E-state index contributed by atoms with van der Waals surface area (Å²) >= 11 is 0. The molecule has 2 aromatic rings. The van der Waals surface area contributed by atoms with Gasteiger partial charge in [0.15, 0.2) is 0 Å². The fourth-order valence-corrected chi connectivity index (χ4v) is 2.11. The summed E-state index contributed by atoms with van der Waals surface area (Å²) < 4.78 is 5.70. The van der Waals surface area contributed by atoms with E-state index in [0.29, 0.717) is 12.3 Å². The third-order valence-corrected chi connectivity index (χ3v) is 3.21. The van der Waals surface area contributed by atoms with Crippen LogP contribution in [0.1, 0.15) is 37.4 Å². The average Bonchev–Trinajstić information content (AvgIpc) is 3.03. The second-order valence-electron chi connectivity index (χ2n) is 4.85. The van der Waals surface area contributed by atoms with Gasteiger partial charge in [0.1, 0.15) is 5.75 Å². The third kappa shape index (κ3) is 4.63. The van der Waals surface area contributed by atoms with Crippen molar-refractivity contribution in [3.63, 3.8) is 0 Å². The van der Waals surface area contributed by atoms with Crippen molar-refractivity contribution in [2.75, 3.05) is 6.61 Å². The Kier molecular flexibility index (Phi) is 5.82. The van der Waals surface area contributed by atoms with Gasteiger partial charge in [0, 0.05) is 11.9 Å². The van der Waals surface area contributed by atoms with E-state index in [-0.39, 0.29) is 0 Å². The second-order valence-corrected chi connectivity index (χ2v) is 4.85. The predicted octanol–water partition coefficient (Wildman–Crippen LogP) is 3.40. The normalized spacial score (nSPS) is 11.6. The van der Waals surface area contributed by atoms with Crippen LogP contribution >= 0.6 is 0 Å². The van der Waals surface area contributed by atoms with Crippen LogP contribution in [0.3, 0.4) is 0 Å². The number of nitrogens with one attached hydrogen (secondary N) is 1. The number of rotatable bonds is 8. The van der Waals surface area contributed by atoms with Gasteiger partial charge in [0.05, 0.1) is 18.6 Å². The molecule has 0 amide bonds. The molecule has 5 nitrogen and oxygen atoms in total. The van der Waals surface area contributed by atoms with E-state index in [9.17, 15) is 0 Å². The van der Waals surface area contributed by atoms with E-state index in [1.807, 2.05) is 30.5 Å². The summed E-state index contributed by atoms with van der Waals surface area (Å²) in [6.45, 7) is 2.72. The molecule has 0 aliphatic rings. The first kappa shape index (κ1) is 15.1. The fraction of sp³-hybridized carbons (Fsp3) is 0.375. The first-order valence-corrected chi connectivity index (χ1v) is 7.25. The highest BCUT2D eigenvalue weighted by Crippen LogP contribution is 2.15. The lowest BCUT2D eigenvalue weighted by atomic mass is 10.1. The number of ether oxygens (including phenoxy) is 1. The van der Waals surface area contributed by atoms with Crippen molar-refractivity contribution in [1.29, 1.82) is 0 Å². The van der Waals surface area contributed by atoms with E-state index < -0.39 is 0 Å². The Morgan fingerprint density at radius 2 is 2.14 bits per heavy atom. The van der Waals surface area contributed by atoms with E-state index in [1.165, 1.54) is 0 Å². The summed E-state index contributed by atoms with van der Waals surface area (Å²) in [6, 6.07) is 7.67. The SMILES string of the molecule is CCC/C(=N/O)c1ccc(OCCCc2cnc[nH]2)cc1. The first-order valence-electron chi connectivity index (χ1n) is 7.25. The quantitative estimate of drug-likeness (QED) is 0.338. The number of nitrogens with zero attached hydrogens (tertiary/aromatic N) is 2. The van der Waals surface area contributed by atoms with E-state index in [1.54, 1.807) is 6.33 Å². The maximum absolute atomic E-state index is 8.99. The molecule has 0 radical (unpaired) electrons. The zero-order chi connectivity index (χ0) is 14.9. The van der Waals surface area contributed by atoms with Crippen LogP contribution in [-0.2, 0) is 6.42 Å². The van der Waals surface area contributed by atoms with Crippen molar-refractivity contribution < 1.29 is 9.94 Å². The number of H-pyrrole nitrogens is 1. The van der Waals surface area contributed by atoms with E-state index >= 15 is 0 Å². The van der Waals surface area contributed by atoms with Crippen LogP contribution in [0.25, 0.3) is 0 Å². The molecule has 1 aromatic carbocycles. The van der Waals surface area contributed by atoms with Gasteiger partial charge in [-0.1, -0.05) is 18.5 Å². The molecular formula is C16H21N3O2. The summed E-state index contributed by atoms with van der Waals surface area (Å²) in [5.74, 6) is 0.831. The van der Waals surface area contributed by atoms with Crippen LogP contribution in [0.15, 0.2) is 41.9 Å². The zero-order valence-electron chi connectivity index (χ0n) is 12.2. The standard InChI is InChI=1S/C16H21N3O2/c1-2-4-16(19-20)13-6-8-15(9-7-13)21-10-3-5-14-11-17-12-18-14/h6-9,11-12,20H,2-5,10H2,1H3,(H,17,18)/b19-16-. The Balaban J connectivity index is 1.79. The number of oxime groups is 1. The maximum Gasteiger partial charge on any atom is 0.119 e. The Hall–Kier alpha value is -2.30. The smallest absolute Gasteiger partial charge is 0.119 e. The van der Waals surface area contributed by atoms with Gasteiger partial charge in [0.2, 0.25) is 0 Å². The van der Waals surface area contributed by atoms with Gasteiger partial charge in [-0.2, -0.15) is 0 Å². The molecule has 0 atom stereocenters. The summed E-state index contributed by atoms with van der Waals surface area (Å²) in [7, 11) is 0. The number of aromatic nitrogens is 2. The number of hydrogen-bond acceptors (Lipinski definition) is 4. The van der Waals surface area contributed by atoms with Gasteiger partial charge < -0.3 is 14.9 Å². The molecule has 0 spiro atoms. The van der Waals surface area contributed by atoms with E-state index in [0.717, 1.165) is 42.7 Å². The lowest BCUT2D eigenvalue weighted by molar-refractivity contribution is 0.310. The van der Waals surface area contributed by atoms with Gasteiger partial charge >= 0.3 is 0 Å². The number of benzene rings is 1. The largest absolute Gasteiger partial charge is 0.494 e. The molecule has 1 heterocycles. The highest BCUT2D eigenvalue weighted by molar-refractivity contribution is 6.00. The average molecular weight is 287 g/mol. The predicted molar refractivity (Wildman–Crippen MR) is 82.1 cm³/mol.